The number of aromatic nitrogens is 3. The van der Waals surface area contributed by atoms with E-state index in [1.165, 1.54) is 0 Å². The largest absolute Gasteiger partial charge is 0.497 e. The number of rotatable bonds is 6. The van der Waals surface area contributed by atoms with Crippen molar-refractivity contribution >= 4 is 50.4 Å². The molecule has 4 aromatic carbocycles. The summed E-state index contributed by atoms with van der Waals surface area (Å²) in [5, 5.41) is 8.50. The van der Waals surface area contributed by atoms with Crippen LogP contribution in [0.2, 0.25) is 0 Å². The summed E-state index contributed by atoms with van der Waals surface area (Å²) < 4.78 is 5.27. The van der Waals surface area contributed by atoms with Gasteiger partial charge in [-0.1, -0.05) is 42.5 Å². The number of ether oxygens (including phenoxy) is 1. The standard InChI is InChI=1S/C28H23N5O2/c1-35-19-12-13-24-25(15-19)33-28(32-24)29-16-17-6-4-7-18(14-17)30-27(34)22-10-5-9-21-20-8-2-3-11-23(20)31-26(21)22/h2-15,31H,16H2,1H3,(H,30,34)(H2,29,32,33). The number of benzene rings is 4. The van der Waals surface area contributed by atoms with E-state index in [-0.39, 0.29) is 5.91 Å². The molecule has 2 heterocycles. The van der Waals surface area contributed by atoms with E-state index < -0.39 is 0 Å². The van der Waals surface area contributed by atoms with Gasteiger partial charge in [-0.05, 0) is 42.0 Å². The van der Waals surface area contributed by atoms with Crippen LogP contribution in [0.3, 0.4) is 0 Å². The van der Waals surface area contributed by atoms with Crippen molar-refractivity contribution in [3.8, 4) is 5.75 Å². The number of H-pyrrole nitrogens is 2. The van der Waals surface area contributed by atoms with Crippen molar-refractivity contribution in [2.75, 3.05) is 17.7 Å². The summed E-state index contributed by atoms with van der Waals surface area (Å²) in [5.74, 6) is 1.29. The molecule has 0 unspecified atom stereocenters. The van der Waals surface area contributed by atoms with E-state index >= 15 is 0 Å². The fourth-order valence-electron chi connectivity index (χ4n) is 4.40. The summed E-state index contributed by atoms with van der Waals surface area (Å²) in [6, 6.07) is 27.4. The van der Waals surface area contributed by atoms with Gasteiger partial charge in [0.15, 0.2) is 0 Å². The summed E-state index contributed by atoms with van der Waals surface area (Å²) in [6.45, 7) is 0.554. The summed E-state index contributed by atoms with van der Waals surface area (Å²) in [6.07, 6.45) is 0. The molecule has 7 nitrogen and oxygen atoms in total. The predicted molar refractivity (Wildman–Crippen MR) is 140 cm³/mol. The number of anilines is 2. The van der Waals surface area contributed by atoms with Gasteiger partial charge in [0.25, 0.3) is 5.91 Å². The van der Waals surface area contributed by atoms with Crippen LogP contribution in [0.5, 0.6) is 5.75 Å². The quantitative estimate of drug-likeness (QED) is 0.242. The lowest BCUT2D eigenvalue weighted by atomic mass is 10.1. The number of carbonyl (C=O) groups excluding carboxylic acids is 1. The van der Waals surface area contributed by atoms with Crippen LogP contribution < -0.4 is 15.4 Å². The normalized spacial score (nSPS) is 11.2. The van der Waals surface area contributed by atoms with Crippen molar-refractivity contribution in [3.63, 3.8) is 0 Å². The maximum Gasteiger partial charge on any atom is 0.257 e. The van der Waals surface area contributed by atoms with E-state index in [1.54, 1.807) is 7.11 Å². The Kier molecular flexibility index (Phi) is 5.07. The second-order valence-electron chi connectivity index (χ2n) is 8.38. The molecule has 4 N–H and O–H groups in total. The van der Waals surface area contributed by atoms with Gasteiger partial charge in [-0.25, -0.2) is 4.98 Å². The molecule has 172 valence electrons. The van der Waals surface area contributed by atoms with E-state index in [0.717, 1.165) is 49.8 Å². The molecule has 0 aliphatic heterocycles. The average molecular weight is 462 g/mol. The third-order valence-corrected chi connectivity index (χ3v) is 6.12. The first-order chi connectivity index (χ1) is 17.2. The summed E-state index contributed by atoms with van der Waals surface area (Å²) >= 11 is 0. The molecule has 35 heavy (non-hydrogen) atoms. The van der Waals surface area contributed by atoms with E-state index in [4.69, 9.17) is 4.74 Å². The molecule has 0 aliphatic carbocycles. The highest BCUT2D eigenvalue weighted by Gasteiger charge is 2.14. The fourth-order valence-corrected chi connectivity index (χ4v) is 4.40. The molecule has 0 radical (unpaired) electrons. The molecule has 0 bridgehead atoms. The molecular weight excluding hydrogens is 438 g/mol. The molecule has 6 aromatic rings. The van der Waals surface area contributed by atoms with Crippen LogP contribution in [-0.4, -0.2) is 28.0 Å². The van der Waals surface area contributed by atoms with Crippen LogP contribution in [-0.2, 0) is 6.54 Å². The number of para-hydroxylation sites is 2. The van der Waals surface area contributed by atoms with Crippen LogP contribution in [0, 0.1) is 0 Å². The van der Waals surface area contributed by atoms with Crippen LogP contribution in [0.25, 0.3) is 32.8 Å². The Hall–Kier alpha value is -4.78. The Morgan fingerprint density at radius 3 is 2.66 bits per heavy atom. The highest BCUT2D eigenvalue weighted by Crippen LogP contribution is 2.28. The van der Waals surface area contributed by atoms with Crippen molar-refractivity contribution in [3.05, 3.63) is 96.1 Å². The Balaban J connectivity index is 1.20. The number of imidazole rings is 1. The number of aromatic amines is 2. The maximum absolute atomic E-state index is 13.2. The molecule has 2 aromatic heterocycles. The highest BCUT2D eigenvalue weighted by atomic mass is 16.5. The van der Waals surface area contributed by atoms with Gasteiger partial charge < -0.3 is 25.3 Å². The van der Waals surface area contributed by atoms with Crippen LogP contribution in [0.4, 0.5) is 11.6 Å². The molecule has 0 atom stereocenters. The van der Waals surface area contributed by atoms with Crippen molar-refractivity contribution in [2.24, 2.45) is 0 Å². The van der Waals surface area contributed by atoms with Crippen molar-refractivity contribution in [1.82, 2.24) is 15.0 Å². The van der Waals surface area contributed by atoms with Crippen LogP contribution >= 0.6 is 0 Å². The van der Waals surface area contributed by atoms with E-state index in [9.17, 15) is 4.79 Å². The van der Waals surface area contributed by atoms with Crippen LogP contribution in [0.1, 0.15) is 15.9 Å². The molecule has 0 saturated heterocycles. The number of methoxy groups -OCH3 is 1. The SMILES string of the molecule is COc1ccc2[nH]c(NCc3cccc(NC(=O)c4cccc5c4[nH]c4ccccc45)c3)nc2c1. The van der Waals surface area contributed by atoms with Gasteiger partial charge in [-0.15, -0.1) is 0 Å². The third kappa shape index (κ3) is 3.93. The lowest BCUT2D eigenvalue weighted by molar-refractivity contribution is 0.102. The molecular formula is C28H23N5O2. The van der Waals surface area contributed by atoms with Crippen molar-refractivity contribution < 1.29 is 9.53 Å². The topological polar surface area (TPSA) is 94.8 Å². The van der Waals surface area contributed by atoms with E-state index in [0.29, 0.717) is 18.1 Å². The van der Waals surface area contributed by atoms with Gasteiger partial charge in [-0.3, -0.25) is 4.79 Å². The number of hydrogen-bond donors (Lipinski definition) is 4. The van der Waals surface area contributed by atoms with Gasteiger partial charge in [-0.2, -0.15) is 0 Å². The Labute approximate surface area is 201 Å². The number of fused-ring (bicyclic) bond motifs is 4. The summed E-state index contributed by atoms with van der Waals surface area (Å²) in [4.78, 5) is 24.4. The minimum atomic E-state index is -0.154. The maximum atomic E-state index is 13.2. The number of nitrogens with zero attached hydrogens (tertiary/aromatic N) is 1. The zero-order valence-electron chi connectivity index (χ0n) is 19.1. The lowest BCUT2D eigenvalue weighted by Crippen LogP contribution is -2.12. The third-order valence-electron chi connectivity index (χ3n) is 6.12. The minimum absolute atomic E-state index is 0.154. The fraction of sp³-hybridized carbons (Fsp3) is 0.0714. The Morgan fingerprint density at radius 2 is 1.74 bits per heavy atom. The highest BCUT2D eigenvalue weighted by molar-refractivity contribution is 6.17. The molecule has 0 aliphatic rings. The van der Waals surface area contributed by atoms with E-state index in [2.05, 4.69) is 31.7 Å². The molecule has 0 fully saturated rings. The second kappa shape index (κ2) is 8.53. The smallest absolute Gasteiger partial charge is 0.257 e. The second-order valence-corrected chi connectivity index (χ2v) is 8.38. The first-order valence-corrected chi connectivity index (χ1v) is 11.4. The molecule has 1 amide bonds. The monoisotopic (exact) mass is 461 g/mol. The minimum Gasteiger partial charge on any atom is -0.497 e. The van der Waals surface area contributed by atoms with Gasteiger partial charge in [0, 0.05) is 34.6 Å². The number of carbonyl (C=O) groups is 1. The van der Waals surface area contributed by atoms with Gasteiger partial charge >= 0.3 is 0 Å². The summed E-state index contributed by atoms with van der Waals surface area (Å²) in [5.41, 5.74) is 5.98. The van der Waals surface area contributed by atoms with Gasteiger partial charge in [0.1, 0.15) is 5.75 Å². The molecule has 6 rings (SSSR count). The number of hydrogen-bond acceptors (Lipinski definition) is 4. The zero-order chi connectivity index (χ0) is 23.8. The van der Waals surface area contributed by atoms with Gasteiger partial charge in [0.05, 0.1) is 29.2 Å². The predicted octanol–water partition coefficient (Wildman–Crippen LogP) is 6.07. The average Bonchev–Trinajstić information content (AvgIpc) is 3.48. The Bertz CT molecular complexity index is 1700. The molecule has 0 saturated carbocycles. The van der Waals surface area contributed by atoms with Crippen molar-refractivity contribution in [1.29, 1.82) is 0 Å². The number of amides is 1. The van der Waals surface area contributed by atoms with E-state index in [1.807, 2.05) is 78.9 Å². The summed E-state index contributed by atoms with van der Waals surface area (Å²) in [7, 11) is 1.64. The number of nitrogens with one attached hydrogen (secondary N) is 4. The van der Waals surface area contributed by atoms with Crippen LogP contribution in [0.15, 0.2) is 84.9 Å². The molecule has 7 heteroatoms. The zero-order valence-corrected chi connectivity index (χ0v) is 19.1. The Morgan fingerprint density at radius 1 is 0.886 bits per heavy atom. The molecule has 0 spiro atoms. The van der Waals surface area contributed by atoms with Crippen molar-refractivity contribution in [2.45, 2.75) is 6.54 Å². The first-order valence-electron chi connectivity index (χ1n) is 11.4. The first kappa shape index (κ1) is 20.8. The lowest BCUT2D eigenvalue weighted by Gasteiger charge is -2.09. The van der Waals surface area contributed by atoms with Gasteiger partial charge in [0.2, 0.25) is 5.95 Å².